The normalized spacial score (nSPS) is 32.9. The minimum Gasteiger partial charge on any atom is -0.331 e. The zero-order valence-corrected chi connectivity index (χ0v) is 9.82. The van der Waals surface area contributed by atoms with Gasteiger partial charge in [0.15, 0.2) is 0 Å². The van der Waals surface area contributed by atoms with Gasteiger partial charge in [0.25, 0.3) is 0 Å². The number of hydrogen-bond donors (Lipinski definition) is 1. The standard InChI is InChI=1S/C13H19N3/c1-3-10-8-16(9(2)14-10)13-6-11-4-5-12(7-13)15-11/h3,8,11-13,15H,1,4-7H2,2H3/t11-,12?,13?/m0/s1. The van der Waals surface area contributed by atoms with Gasteiger partial charge in [0.2, 0.25) is 0 Å². The molecule has 2 fully saturated rings. The van der Waals surface area contributed by atoms with Gasteiger partial charge in [-0.2, -0.15) is 0 Å². The lowest BCUT2D eigenvalue weighted by atomic mass is 9.99. The molecule has 2 aliphatic rings. The van der Waals surface area contributed by atoms with Crippen molar-refractivity contribution in [3.63, 3.8) is 0 Å². The highest BCUT2D eigenvalue weighted by Gasteiger charge is 2.34. The van der Waals surface area contributed by atoms with E-state index in [0.717, 1.165) is 23.6 Å². The number of nitrogens with one attached hydrogen (secondary N) is 1. The molecule has 16 heavy (non-hydrogen) atoms. The average Bonchev–Trinajstić information content (AvgIpc) is 2.82. The maximum Gasteiger partial charge on any atom is 0.106 e. The molecule has 0 radical (unpaired) electrons. The van der Waals surface area contributed by atoms with Crippen molar-refractivity contribution in [3.05, 3.63) is 24.3 Å². The van der Waals surface area contributed by atoms with Crippen LogP contribution in [0.2, 0.25) is 0 Å². The molecule has 1 aromatic heterocycles. The van der Waals surface area contributed by atoms with Crippen LogP contribution in [0.5, 0.6) is 0 Å². The molecule has 0 amide bonds. The Hall–Kier alpha value is -1.09. The third-order valence-electron chi connectivity index (χ3n) is 3.99. The summed E-state index contributed by atoms with van der Waals surface area (Å²) >= 11 is 0. The first kappa shape index (κ1) is 10.1. The Bertz CT molecular complexity index is 395. The van der Waals surface area contributed by atoms with Gasteiger partial charge in [-0.3, -0.25) is 0 Å². The average molecular weight is 217 g/mol. The van der Waals surface area contributed by atoms with Crippen molar-refractivity contribution in [2.75, 3.05) is 0 Å². The van der Waals surface area contributed by atoms with E-state index in [1.807, 2.05) is 6.08 Å². The number of aryl methyl sites for hydroxylation is 1. The molecule has 2 aliphatic heterocycles. The Kier molecular flexibility index (Phi) is 2.36. The van der Waals surface area contributed by atoms with E-state index in [1.165, 1.54) is 25.7 Å². The predicted octanol–water partition coefficient (Wildman–Crippen LogP) is 2.29. The second-order valence-electron chi connectivity index (χ2n) is 5.09. The molecule has 2 unspecified atom stereocenters. The molecule has 86 valence electrons. The van der Waals surface area contributed by atoms with Crippen LogP contribution in [0.15, 0.2) is 12.8 Å². The van der Waals surface area contributed by atoms with Gasteiger partial charge < -0.3 is 9.88 Å². The second-order valence-corrected chi connectivity index (χ2v) is 5.09. The molecular formula is C13H19N3. The van der Waals surface area contributed by atoms with Gasteiger partial charge >= 0.3 is 0 Å². The fraction of sp³-hybridized carbons (Fsp3) is 0.615. The Morgan fingerprint density at radius 2 is 2.12 bits per heavy atom. The van der Waals surface area contributed by atoms with Gasteiger partial charge in [-0.05, 0) is 38.7 Å². The fourth-order valence-corrected chi connectivity index (χ4v) is 3.23. The third kappa shape index (κ3) is 1.59. The quantitative estimate of drug-likeness (QED) is 0.823. The molecule has 3 atom stereocenters. The number of imidazole rings is 1. The molecule has 0 spiro atoms. The minimum atomic E-state index is 0.639. The number of nitrogens with zero attached hydrogens (tertiary/aromatic N) is 2. The summed E-state index contributed by atoms with van der Waals surface area (Å²) in [5.41, 5.74) is 1.00. The molecule has 0 aromatic carbocycles. The van der Waals surface area contributed by atoms with Crippen molar-refractivity contribution < 1.29 is 0 Å². The van der Waals surface area contributed by atoms with E-state index in [4.69, 9.17) is 0 Å². The summed E-state index contributed by atoms with van der Waals surface area (Å²) in [5.74, 6) is 1.13. The van der Waals surface area contributed by atoms with Crippen molar-refractivity contribution in [1.29, 1.82) is 0 Å². The molecule has 3 nitrogen and oxygen atoms in total. The van der Waals surface area contributed by atoms with E-state index in [2.05, 4.69) is 34.6 Å². The Labute approximate surface area is 96.6 Å². The Balaban J connectivity index is 1.86. The summed E-state index contributed by atoms with van der Waals surface area (Å²) in [7, 11) is 0. The highest BCUT2D eigenvalue weighted by atomic mass is 15.1. The first-order chi connectivity index (χ1) is 7.76. The molecule has 0 saturated carbocycles. The first-order valence-corrected chi connectivity index (χ1v) is 6.20. The molecule has 1 N–H and O–H groups in total. The van der Waals surface area contributed by atoms with Crippen LogP contribution in [0.4, 0.5) is 0 Å². The van der Waals surface area contributed by atoms with E-state index < -0.39 is 0 Å². The van der Waals surface area contributed by atoms with Crippen molar-refractivity contribution >= 4 is 6.08 Å². The monoisotopic (exact) mass is 217 g/mol. The van der Waals surface area contributed by atoms with Gasteiger partial charge in [0, 0.05) is 24.3 Å². The highest BCUT2D eigenvalue weighted by molar-refractivity contribution is 5.40. The number of aromatic nitrogens is 2. The van der Waals surface area contributed by atoms with Crippen LogP contribution in [0.1, 0.15) is 43.2 Å². The fourth-order valence-electron chi connectivity index (χ4n) is 3.23. The molecule has 3 heterocycles. The van der Waals surface area contributed by atoms with Crippen LogP contribution in [0, 0.1) is 6.92 Å². The van der Waals surface area contributed by atoms with Gasteiger partial charge in [0.1, 0.15) is 5.82 Å². The van der Waals surface area contributed by atoms with Crippen LogP contribution >= 0.6 is 0 Å². The summed E-state index contributed by atoms with van der Waals surface area (Å²) in [6.07, 6.45) is 9.19. The Morgan fingerprint density at radius 1 is 1.44 bits per heavy atom. The minimum absolute atomic E-state index is 0.639. The van der Waals surface area contributed by atoms with Crippen molar-refractivity contribution in [3.8, 4) is 0 Å². The summed E-state index contributed by atoms with van der Waals surface area (Å²) in [6.45, 7) is 5.88. The molecule has 1 aromatic rings. The molecule has 2 saturated heterocycles. The van der Waals surface area contributed by atoms with Crippen LogP contribution in [0.25, 0.3) is 6.08 Å². The predicted molar refractivity (Wildman–Crippen MR) is 65.3 cm³/mol. The van der Waals surface area contributed by atoms with E-state index >= 15 is 0 Å². The highest BCUT2D eigenvalue weighted by Crippen LogP contribution is 2.34. The van der Waals surface area contributed by atoms with E-state index in [-0.39, 0.29) is 0 Å². The SMILES string of the molecule is C=Cc1cn(C2CC3CC[C@@H](C2)N3)c(C)n1. The summed E-state index contributed by atoms with van der Waals surface area (Å²) in [4.78, 5) is 4.50. The lowest BCUT2D eigenvalue weighted by Gasteiger charge is -2.30. The van der Waals surface area contributed by atoms with Crippen LogP contribution in [-0.2, 0) is 0 Å². The zero-order valence-electron chi connectivity index (χ0n) is 9.82. The van der Waals surface area contributed by atoms with Gasteiger partial charge in [0.05, 0.1) is 5.69 Å². The second kappa shape index (κ2) is 3.74. The lowest BCUT2D eigenvalue weighted by Crippen LogP contribution is -2.38. The van der Waals surface area contributed by atoms with Gasteiger partial charge in [-0.15, -0.1) is 0 Å². The van der Waals surface area contributed by atoms with E-state index in [1.54, 1.807) is 0 Å². The van der Waals surface area contributed by atoms with Crippen molar-refractivity contribution in [2.45, 2.75) is 50.7 Å². The molecule has 0 aliphatic carbocycles. The number of rotatable bonds is 2. The molecular weight excluding hydrogens is 198 g/mol. The number of hydrogen-bond acceptors (Lipinski definition) is 2. The zero-order chi connectivity index (χ0) is 11.1. The van der Waals surface area contributed by atoms with Crippen LogP contribution in [0.3, 0.4) is 0 Å². The summed E-state index contributed by atoms with van der Waals surface area (Å²) < 4.78 is 2.35. The Morgan fingerprint density at radius 3 is 2.69 bits per heavy atom. The van der Waals surface area contributed by atoms with Crippen molar-refractivity contribution in [1.82, 2.24) is 14.9 Å². The third-order valence-corrected chi connectivity index (χ3v) is 3.99. The number of fused-ring (bicyclic) bond motifs is 2. The van der Waals surface area contributed by atoms with Gasteiger partial charge in [-0.25, -0.2) is 4.98 Å². The first-order valence-electron chi connectivity index (χ1n) is 6.20. The number of piperidine rings is 1. The van der Waals surface area contributed by atoms with E-state index in [0.29, 0.717) is 6.04 Å². The molecule has 3 rings (SSSR count). The smallest absolute Gasteiger partial charge is 0.106 e. The van der Waals surface area contributed by atoms with Crippen LogP contribution in [-0.4, -0.2) is 21.6 Å². The summed E-state index contributed by atoms with van der Waals surface area (Å²) in [5, 5.41) is 3.68. The maximum atomic E-state index is 4.50. The van der Waals surface area contributed by atoms with E-state index in [9.17, 15) is 0 Å². The largest absolute Gasteiger partial charge is 0.331 e. The van der Waals surface area contributed by atoms with Crippen LogP contribution < -0.4 is 5.32 Å². The van der Waals surface area contributed by atoms with Crippen molar-refractivity contribution in [2.24, 2.45) is 0 Å². The lowest BCUT2D eigenvalue weighted by molar-refractivity contribution is 0.295. The maximum absolute atomic E-state index is 4.50. The topological polar surface area (TPSA) is 29.9 Å². The van der Waals surface area contributed by atoms with Gasteiger partial charge in [-0.1, -0.05) is 6.58 Å². The molecule has 2 bridgehead atoms. The molecule has 3 heteroatoms. The summed E-state index contributed by atoms with van der Waals surface area (Å²) in [6, 6.07) is 2.11.